The summed E-state index contributed by atoms with van der Waals surface area (Å²) in [6.45, 7) is 0.461. The van der Waals surface area contributed by atoms with E-state index in [2.05, 4.69) is 9.88 Å². The average molecular weight is 407 g/mol. The van der Waals surface area contributed by atoms with E-state index in [1.54, 1.807) is 12.3 Å². The number of nitrogens with zero attached hydrogens (tertiary/aromatic N) is 3. The standard InChI is InChI=1S/C23H22FN3O3/c1-26-22(29)20-18(27-12-17(28)10-19(27)21(20)23(26)30)8-7-16-6-5-14(11-25-16)13-3-2-4-15(24)9-13/h2-9,11,17-21,28H,10,12H2,1H3/t17?,18?,19?,20-,21?/m0/s1. The highest BCUT2D eigenvalue weighted by molar-refractivity contribution is 6.06. The van der Waals surface area contributed by atoms with Gasteiger partial charge in [0.15, 0.2) is 0 Å². The third-order valence-corrected chi connectivity index (χ3v) is 6.55. The molecule has 1 aromatic carbocycles. The number of aliphatic hydroxyl groups is 1. The van der Waals surface area contributed by atoms with Crippen molar-refractivity contribution in [1.82, 2.24) is 14.8 Å². The van der Waals surface area contributed by atoms with Crippen LogP contribution in [-0.2, 0) is 9.59 Å². The van der Waals surface area contributed by atoms with Crippen LogP contribution in [0.3, 0.4) is 0 Å². The Labute approximate surface area is 173 Å². The summed E-state index contributed by atoms with van der Waals surface area (Å²) in [5.74, 6) is -1.41. The van der Waals surface area contributed by atoms with Gasteiger partial charge in [-0.25, -0.2) is 4.39 Å². The molecule has 154 valence electrons. The number of carbonyl (C=O) groups is 2. The second kappa shape index (κ2) is 7.11. The summed E-state index contributed by atoms with van der Waals surface area (Å²) < 4.78 is 13.4. The first-order valence-electron chi connectivity index (χ1n) is 10.1. The van der Waals surface area contributed by atoms with Gasteiger partial charge in [0.2, 0.25) is 11.8 Å². The van der Waals surface area contributed by atoms with Gasteiger partial charge in [0.05, 0.1) is 23.6 Å². The van der Waals surface area contributed by atoms with Gasteiger partial charge in [-0.1, -0.05) is 24.3 Å². The highest BCUT2D eigenvalue weighted by Crippen LogP contribution is 2.46. The number of halogens is 1. The van der Waals surface area contributed by atoms with Crippen molar-refractivity contribution in [3.05, 3.63) is 60.2 Å². The highest BCUT2D eigenvalue weighted by Gasteiger charge is 2.62. The summed E-state index contributed by atoms with van der Waals surface area (Å²) in [5.41, 5.74) is 2.28. The average Bonchev–Trinajstić information content (AvgIpc) is 3.32. The number of fused-ring (bicyclic) bond motifs is 3. The number of hydrogen-bond acceptors (Lipinski definition) is 5. The lowest BCUT2D eigenvalue weighted by Crippen LogP contribution is -2.40. The Morgan fingerprint density at radius 3 is 2.67 bits per heavy atom. The van der Waals surface area contributed by atoms with Crippen molar-refractivity contribution in [2.24, 2.45) is 11.8 Å². The van der Waals surface area contributed by atoms with Gasteiger partial charge in [-0.15, -0.1) is 0 Å². The predicted octanol–water partition coefficient (Wildman–Crippen LogP) is 1.95. The molecule has 0 bridgehead atoms. The molecule has 4 unspecified atom stereocenters. The molecule has 4 heterocycles. The van der Waals surface area contributed by atoms with Gasteiger partial charge >= 0.3 is 0 Å². The first-order valence-corrected chi connectivity index (χ1v) is 10.1. The van der Waals surface area contributed by atoms with E-state index >= 15 is 0 Å². The maximum Gasteiger partial charge on any atom is 0.234 e. The summed E-state index contributed by atoms with van der Waals surface area (Å²) in [6, 6.07) is 9.71. The Morgan fingerprint density at radius 2 is 1.93 bits per heavy atom. The van der Waals surface area contributed by atoms with Gasteiger partial charge in [0, 0.05) is 37.4 Å². The zero-order valence-corrected chi connectivity index (χ0v) is 16.5. The van der Waals surface area contributed by atoms with E-state index in [-0.39, 0.29) is 29.7 Å². The van der Waals surface area contributed by atoms with Crippen LogP contribution in [0.5, 0.6) is 0 Å². The third kappa shape index (κ3) is 2.97. The molecule has 0 saturated carbocycles. The minimum absolute atomic E-state index is 0.107. The number of aromatic nitrogens is 1. The molecular weight excluding hydrogens is 385 g/mol. The maximum absolute atomic E-state index is 13.4. The fourth-order valence-electron chi connectivity index (χ4n) is 5.17. The van der Waals surface area contributed by atoms with Crippen molar-refractivity contribution in [3.63, 3.8) is 0 Å². The summed E-state index contributed by atoms with van der Waals surface area (Å²) in [6.07, 6.45) is 5.49. The Bertz CT molecular complexity index is 1040. The van der Waals surface area contributed by atoms with E-state index in [1.165, 1.54) is 24.1 Å². The molecule has 0 aliphatic carbocycles. The monoisotopic (exact) mass is 407 g/mol. The smallest absolute Gasteiger partial charge is 0.234 e. The van der Waals surface area contributed by atoms with Crippen LogP contribution in [0, 0.1) is 17.7 Å². The number of carbonyl (C=O) groups excluding carboxylic acids is 2. The normalized spacial score (nSPS) is 31.0. The zero-order valence-electron chi connectivity index (χ0n) is 16.5. The number of rotatable bonds is 3. The molecule has 5 atom stereocenters. The number of amides is 2. The first kappa shape index (κ1) is 19.1. The fraction of sp³-hybridized carbons (Fsp3) is 0.348. The molecule has 5 rings (SSSR count). The number of pyridine rings is 1. The SMILES string of the molecule is CN1C(=O)C2C3CC(O)CN3C(C=Cc3ccc(-c4cccc(F)c4)cn3)[C@@H]2C1=O. The molecule has 0 radical (unpaired) electrons. The third-order valence-electron chi connectivity index (χ3n) is 6.55. The molecule has 2 aromatic rings. The van der Waals surface area contributed by atoms with E-state index < -0.39 is 17.9 Å². The Kier molecular flexibility index (Phi) is 4.52. The topological polar surface area (TPSA) is 73.7 Å². The molecule has 0 spiro atoms. The predicted molar refractivity (Wildman–Crippen MR) is 108 cm³/mol. The summed E-state index contributed by atoms with van der Waals surface area (Å²) in [4.78, 5) is 33.0. The van der Waals surface area contributed by atoms with E-state index in [1.807, 2.05) is 30.4 Å². The molecule has 3 saturated heterocycles. The minimum Gasteiger partial charge on any atom is -0.392 e. The molecule has 3 aliphatic rings. The molecule has 3 aliphatic heterocycles. The highest BCUT2D eigenvalue weighted by atomic mass is 19.1. The summed E-state index contributed by atoms with van der Waals surface area (Å²) in [7, 11) is 1.53. The summed E-state index contributed by atoms with van der Waals surface area (Å²) in [5, 5.41) is 10.1. The Hall–Kier alpha value is -2.90. The van der Waals surface area contributed by atoms with Gasteiger partial charge in [-0.3, -0.25) is 24.4 Å². The largest absolute Gasteiger partial charge is 0.392 e. The molecule has 3 fully saturated rings. The molecule has 2 amide bonds. The van der Waals surface area contributed by atoms with Crippen molar-refractivity contribution in [1.29, 1.82) is 0 Å². The van der Waals surface area contributed by atoms with Crippen molar-refractivity contribution in [3.8, 4) is 11.1 Å². The van der Waals surface area contributed by atoms with Crippen LogP contribution in [-0.4, -0.2) is 63.5 Å². The van der Waals surface area contributed by atoms with Crippen LogP contribution in [0.15, 0.2) is 48.7 Å². The Morgan fingerprint density at radius 1 is 1.13 bits per heavy atom. The molecule has 1 aromatic heterocycles. The maximum atomic E-state index is 13.4. The van der Waals surface area contributed by atoms with Crippen LogP contribution in [0.4, 0.5) is 4.39 Å². The van der Waals surface area contributed by atoms with Crippen LogP contribution < -0.4 is 0 Å². The van der Waals surface area contributed by atoms with Gasteiger partial charge in [0.25, 0.3) is 0 Å². The van der Waals surface area contributed by atoms with E-state index in [4.69, 9.17) is 0 Å². The first-order chi connectivity index (χ1) is 14.4. The lowest BCUT2D eigenvalue weighted by molar-refractivity contribution is -0.139. The molecule has 30 heavy (non-hydrogen) atoms. The van der Waals surface area contributed by atoms with Gasteiger partial charge < -0.3 is 5.11 Å². The quantitative estimate of drug-likeness (QED) is 0.788. The van der Waals surface area contributed by atoms with Crippen LogP contribution >= 0.6 is 0 Å². The molecule has 1 N–H and O–H groups in total. The van der Waals surface area contributed by atoms with Crippen LogP contribution in [0.1, 0.15) is 12.1 Å². The van der Waals surface area contributed by atoms with Crippen molar-refractivity contribution >= 4 is 17.9 Å². The number of imide groups is 1. The number of benzene rings is 1. The molecule has 6 nitrogen and oxygen atoms in total. The van der Waals surface area contributed by atoms with E-state index in [0.29, 0.717) is 18.7 Å². The van der Waals surface area contributed by atoms with E-state index in [0.717, 1.165) is 11.1 Å². The van der Waals surface area contributed by atoms with Crippen LogP contribution in [0.25, 0.3) is 17.2 Å². The number of likely N-dealkylation sites (tertiary alicyclic amines) is 1. The lowest BCUT2D eigenvalue weighted by Gasteiger charge is -2.25. The van der Waals surface area contributed by atoms with Gasteiger partial charge in [0.1, 0.15) is 5.82 Å². The second-order valence-corrected chi connectivity index (χ2v) is 8.27. The fourth-order valence-corrected chi connectivity index (χ4v) is 5.17. The molecular formula is C23H22FN3O3. The lowest BCUT2D eigenvalue weighted by atomic mass is 9.87. The van der Waals surface area contributed by atoms with E-state index in [9.17, 15) is 19.1 Å². The zero-order chi connectivity index (χ0) is 21.0. The minimum atomic E-state index is -0.482. The van der Waals surface area contributed by atoms with Crippen molar-refractivity contribution in [2.75, 3.05) is 13.6 Å². The van der Waals surface area contributed by atoms with Crippen LogP contribution in [0.2, 0.25) is 0 Å². The Balaban J connectivity index is 1.40. The number of aliphatic hydroxyl groups excluding tert-OH is 1. The molecule has 7 heteroatoms. The van der Waals surface area contributed by atoms with Gasteiger partial charge in [-0.2, -0.15) is 0 Å². The van der Waals surface area contributed by atoms with Crippen molar-refractivity contribution in [2.45, 2.75) is 24.6 Å². The number of hydrogen-bond donors (Lipinski definition) is 1. The summed E-state index contributed by atoms with van der Waals surface area (Å²) >= 11 is 0. The second-order valence-electron chi connectivity index (χ2n) is 8.27. The van der Waals surface area contributed by atoms with Crippen molar-refractivity contribution < 1.29 is 19.1 Å². The van der Waals surface area contributed by atoms with Gasteiger partial charge in [-0.05, 0) is 36.3 Å².